The number of ether oxygens (including phenoxy) is 2. The first-order chi connectivity index (χ1) is 18.1. The van der Waals surface area contributed by atoms with E-state index in [4.69, 9.17) is 27.5 Å². The van der Waals surface area contributed by atoms with Gasteiger partial charge in [0.05, 0.1) is 23.8 Å². The Morgan fingerprint density at radius 2 is 2.00 bits per heavy atom. The maximum absolute atomic E-state index is 13.2. The summed E-state index contributed by atoms with van der Waals surface area (Å²) in [7, 11) is -1.33. The second-order valence-electron chi connectivity index (χ2n) is 9.64. The van der Waals surface area contributed by atoms with E-state index in [0.29, 0.717) is 40.0 Å². The Balaban J connectivity index is 1.71. The van der Waals surface area contributed by atoms with Crippen LogP contribution < -0.4 is 10.1 Å². The highest BCUT2D eigenvalue weighted by Gasteiger charge is 2.23. The van der Waals surface area contributed by atoms with Gasteiger partial charge in [-0.3, -0.25) is 0 Å². The number of imidazole rings is 1. The molecule has 0 bridgehead atoms. The summed E-state index contributed by atoms with van der Waals surface area (Å²) in [5, 5.41) is 23.0. The van der Waals surface area contributed by atoms with Crippen molar-refractivity contribution in [3.63, 3.8) is 0 Å². The van der Waals surface area contributed by atoms with Crippen LogP contribution in [0.1, 0.15) is 17.6 Å². The molecule has 3 heterocycles. The molecule has 0 fully saturated rings. The van der Waals surface area contributed by atoms with Crippen molar-refractivity contribution in [1.29, 1.82) is 0 Å². The number of aliphatic hydroxyl groups excluding tert-OH is 1. The molecule has 2 N–H and O–H groups in total. The molecule has 0 aliphatic heterocycles. The molecule has 3 aromatic heterocycles. The lowest BCUT2D eigenvalue weighted by Gasteiger charge is -2.18. The Hall–Kier alpha value is -3.50. The maximum atomic E-state index is 13.2. The zero-order valence-corrected chi connectivity index (χ0v) is 22.8. The van der Waals surface area contributed by atoms with Gasteiger partial charge in [0.15, 0.2) is 11.9 Å². The number of hydrogen-bond acceptors (Lipinski definition) is 7. The minimum absolute atomic E-state index is 0.0426. The van der Waals surface area contributed by atoms with Crippen LogP contribution in [0.15, 0.2) is 42.7 Å². The molecular weight excluding hydrogens is 534 g/mol. The van der Waals surface area contributed by atoms with E-state index in [1.165, 1.54) is 39.8 Å². The molecule has 0 amide bonds. The van der Waals surface area contributed by atoms with Crippen LogP contribution in [0.5, 0.6) is 5.75 Å². The van der Waals surface area contributed by atoms with Crippen LogP contribution in [0.25, 0.3) is 16.9 Å². The van der Waals surface area contributed by atoms with Crippen molar-refractivity contribution in [3.8, 4) is 29.4 Å². The summed E-state index contributed by atoms with van der Waals surface area (Å²) >= 11 is 6.23. The zero-order valence-electron chi connectivity index (χ0n) is 21.0. The molecule has 1 unspecified atom stereocenters. The smallest absolute Gasteiger partial charge is 0.387 e. The quantitative estimate of drug-likeness (QED) is 0.112. The van der Waals surface area contributed by atoms with Crippen LogP contribution in [0.4, 0.5) is 14.5 Å². The van der Waals surface area contributed by atoms with Gasteiger partial charge in [0.25, 0.3) is 0 Å². The number of rotatable bonds is 11. The largest absolute Gasteiger partial charge is 0.434 e. The van der Waals surface area contributed by atoms with Gasteiger partial charge in [0.2, 0.25) is 0 Å². The van der Waals surface area contributed by atoms with Crippen molar-refractivity contribution < 1.29 is 23.4 Å². The van der Waals surface area contributed by atoms with Crippen LogP contribution in [-0.2, 0) is 11.5 Å². The minimum Gasteiger partial charge on any atom is -0.434 e. The Bertz CT molecular complexity index is 1460. The fraction of sp³-hybridized carbons (Fsp3) is 0.320. The first-order valence-electron chi connectivity index (χ1n) is 11.7. The third-order valence-electron chi connectivity index (χ3n) is 5.57. The number of aliphatic hydroxyl groups is 1. The topological polar surface area (TPSA) is 98.7 Å². The summed E-state index contributed by atoms with van der Waals surface area (Å²) < 4.78 is 40.0. The second kappa shape index (κ2) is 11.5. The molecule has 0 radical (unpaired) electrons. The van der Waals surface area contributed by atoms with Crippen molar-refractivity contribution in [2.75, 3.05) is 11.9 Å². The van der Waals surface area contributed by atoms with E-state index < -0.39 is 20.9 Å². The molecule has 0 saturated heterocycles. The number of fused-ring (bicyclic) bond motifs is 1. The molecule has 0 aliphatic carbocycles. The number of benzene rings is 1. The zero-order chi connectivity index (χ0) is 27.4. The van der Waals surface area contributed by atoms with Crippen molar-refractivity contribution in [2.24, 2.45) is 0 Å². The summed E-state index contributed by atoms with van der Waals surface area (Å²) in [6.07, 6.45) is 7.06. The number of anilines is 1. The summed E-state index contributed by atoms with van der Waals surface area (Å²) in [6.45, 7) is 4.21. The second-order valence-corrected chi connectivity index (χ2v) is 15.7. The number of nitrogens with zero attached hydrogens (tertiary/aromatic N) is 5. The lowest BCUT2D eigenvalue weighted by atomic mass is 10.1. The highest BCUT2D eigenvalue weighted by Crippen LogP contribution is 2.39. The molecule has 0 aliphatic rings. The Kier molecular flexibility index (Phi) is 8.32. The Labute approximate surface area is 224 Å². The van der Waals surface area contributed by atoms with Crippen LogP contribution in [0.3, 0.4) is 0 Å². The molecule has 1 atom stereocenters. The van der Waals surface area contributed by atoms with Gasteiger partial charge in [-0.25, -0.2) is 14.2 Å². The number of nitrogens with one attached hydrogen (secondary N) is 1. The SMILES string of the molecule is C#Cc1ccc2ncc(C(O)Nc3cnn(COCC[Si](C)(C)C)c3-c3cc(Cl)ccc3OC(F)F)n2n1. The molecule has 4 rings (SSSR count). The van der Waals surface area contributed by atoms with E-state index in [1.54, 1.807) is 12.1 Å². The van der Waals surface area contributed by atoms with Gasteiger partial charge in [-0.15, -0.1) is 6.42 Å². The predicted octanol–water partition coefficient (Wildman–Crippen LogP) is 5.24. The molecule has 0 spiro atoms. The van der Waals surface area contributed by atoms with E-state index in [-0.39, 0.29) is 18.0 Å². The number of hydrogen-bond donors (Lipinski definition) is 2. The molecule has 13 heteroatoms. The lowest BCUT2D eigenvalue weighted by Crippen LogP contribution is -2.22. The molecule has 0 saturated carbocycles. The van der Waals surface area contributed by atoms with Crippen molar-refractivity contribution in [1.82, 2.24) is 24.4 Å². The molecule has 9 nitrogen and oxygen atoms in total. The van der Waals surface area contributed by atoms with Crippen LogP contribution in [0, 0.1) is 12.3 Å². The van der Waals surface area contributed by atoms with Gasteiger partial charge >= 0.3 is 6.61 Å². The highest BCUT2D eigenvalue weighted by molar-refractivity contribution is 6.76. The van der Waals surface area contributed by atoms with E-state index in [0.717, 1.165) is 6.04 Å². The van der Waals surface area contributed by atoms with E-state index in [2.05, 4.69) is 46.1 Å². The summed E-state index contributed by atoms with van der Waals surface area (Å²) in [5.74, 6) is 2.33. The van der Waals surface area contributed by atoms with Crippen molar-refractivity contribution >= 4 is 31.0 Å². The van der Waals surface area contributed by atoms with E-state index >= 15 is 0 Å². The molecule has 4 aromatic rings. The Morgan fingerprint density at radius 3 is 2.71 bits per heavy atom. The normalized spacial score (nSPS) is 12.6. The van der Waals surface area contributed by atoms with Crippen molar-refractivity contribution in [2.45, 2.75) is 45.3 Å². The number of halogens is 3. The fourth-order valence-corrected chi connectivity index (χ4v) is 4.59. The average molecular weight is 561 g/mol. The van der Waals surface area contributed by atoms with Gasteiger partial charge in [-0.1, -0.05) is 31.2 Å². The van der Waals surface area contributed by atoms with Crippen LogP contribution >= 0.6 is 11.6 Å². The maximum Gasteiger partial charge on any atom is 0.387 e. The van der Waals surface area contributed by atoms with Crippen LogP contribution in [0.2, 0.25) is 30.7 Å². The van der Waals surface area contributed by atoms with Gasteiger partial charge in [-0.2, -0.15) is 19.0 Å². The third kappa shape index (κ3) is 6.49. The Morgan fingerprint density at radius 1 is 1.21 bits per heavy atom. The first-order valence-corrected chi connectivity index (χ1v) is 15.8. The van der Waals surface area contributed by atoms with Gasteiger partial charge in [-0.05, 0) is 42.3 Å². The molecule has 1 aromatic carbocycles. The van der Waals surface area contributed by atoms with Crippen molar-refractivity contribution in [3.05, 3.63) is 59.1 Å². The van der Waals surface area contributed by atoms with E-state index in [1.807, 2.05) is 0 Å². The number of aromatic nitrogens is 5. The summed E-state index contributed by atoms with van der Waals surface area (Å²) in [5.41, 5.74) is 2.04. The minimum atomic E-state index is -3.06. The molecule has 200 valence electrons. The number of alkyl halides is 2. The van der Waals surface area contributed by atoms with Gasteiger partial charge in [0.1, 0.15) is 23.9 Å². The monoisotopic (exact) mass is 560 g/mol. The van der Waals surface area contributed by atoms with Crippen LogP contribution in [-0.4, -0.2) is 50.8 Å². The number of terminal acetylenes is 1. The van der Waals surface area contributed by atoms with E-state index in [9.17, 15) is 13.9 Å². The summed E-state index contributed by atoms with van der Waals surface area (Å²) in [4.78, 5) is 4.24. The fourth-order valence-electron chi connectivity index (χ4n) is 3.66. The molecular formula is C25H27ClF2N6O3Si. The standard InChI is InChI=1S/C25H27ClF2N6O3Si/c1-5-17-7-9-22-29-14-20(34(22)32-17)24(35)31-19-13-30-33(15-36-10-11-38(2,3)4)23(19)18-12-16(26)6-8-21(18)37-25(27)28/h1,6-9,12-14,24-25,31,35H,10-11,15H2,2-4H3. The lowest BCUT2D eigenvalue weighted by molar-refractivity contribution is -0.0494. The van der Waals surface area contributed by atoms with Gasteiger partial charge < -0.3 is 19.9 Å². The van der Waals surface area contributed by atoms with Gasteiger partial charge in [0, 0.05) is 25.3 Å². The third-order valence-corrected chi connectivity index (χ3v) is 7.51. The summed E-state index contributed by atoms with van der Waals surface area (Å²) in [6, 6.07) is 8.54. The highest BCUT2D eigenvalue weighted by atomic mass is 35.5. The first kappa shape index (κ1) is 27.5. The molecule has 38 heavy (non-hydrogen) atoms. The predicted molar refractivity (Wildman–Crippen MR) is 143 cm³/mol. The average Bonchev–Trinajstić information content (AvgIpc) is 3.45.